The number of methoxy groups -OCH3 is 1. The summed E-state index contributed by atoms with van der Waals surface area (Å²) in [5.41, 5.74) is 0. The van der Waals surface area contributed by atoms with Crippen molar-refractivity contribution in [2.24, 2.45) is 5.92 Å². The number of rotatable bonds is 5. The number of carbonyl (C=O) groups is 1. The first-order valence-electron chi connectivity index (χ1n) is 5.20. The van der Waals surface area contributed by atoms with Gasteiger partial charge in [0.2, 0.25) is 5.91 Å². The van der Waals surface area contributed by atoms with Gasteiger partial charge in [-0.25, -0.2) is 0 Å². The van der Waals surface area contributed by atoms with E-state index in [4.69, 9.17) is 0 Å². The molecule has 0 aromatic carbocycles. The largest absolute Gasteiger partial charge is 0.406 e. The standard InChI is InChI=1S/C10H16F3NO2/c1-7(8-3-4-8)14(6-10(11,12)13)9(15)5-16-2/h7-8H,3-6H2,1-2H3. The highest BCUT2D eigenvalue weighted by Crippen LogP contribution is 2.36. The van der Waals surface area contributed by atoms with Crippen LogP contribution in [-0.2, 0) is 9.53 Å². The Labute approximate surface area is 92.5 Å². The molecule has 1 amide bonds. The van der Waals surface area contributed by atoms with Crippen molar-refractivity contribution in [3.63, 3.8) is 0 Å². The summed E-state index contributed by atoms with van der Waals surface area (Å²) in [6, 6.07) is -0.357. The van der Waals surface area contributed by atoms with Crippen LogP contribution in [-0.4, -0.2) is 43.3 Å². The Bertz CT molecular complexity index is 251. The maximum atomic E-state index is 12.3. The van der Waals surface area contributed by atoms with Crippen molar-refractivity contribution in [3.8, 4) is 0 Å². The van der Waals surface area contributed by atoms with Gasteiger partial charge in [-0.15, -0.1) is 0 Å². The molecule has 0 bridgehead atoms. The van der Waals surface area contributed by atoms with Gasteiger partial charge >= 0.3 is 6.18 Å². The maximum Gasteiger partial charge on any atom is 0.406 e. The van der Waals surface area contributed by atoms with E-state index in [0.29, 0.717) is 0 Å². The summed E-state index contributed by atoms with van der Waals surface area (Å²) in [6.45, 7) is 0.178. The summed E-state index contributed by atoms with van der Waals surface area (Å²) >= 11 is 0. The number of ether oxygens (including phenoxy) is 1. The van der Waals surface area contributed by atoms with Gasteiger partial charge in [-0.05, 0) is 25.7 Å². The van der Waals surface area contributed by atoms with E-state index in [1.807, 2.05) is 0 Å². The average Bonchev–Trinajstić information content (AvgIpc) is 2.95. The Morgan fingerprint density at radius 1 is 1.50 bits per heavy atom. The summed E-state index contributed by atoms with van der Waals surface area (Å²) in [5.74, 6) is -0.387. The van der Waals surface area contributed by atoms with E-state index in [-0.39, 0.29) is 18.6 Å². The Balaban J connectivity index is 2.63. The van der Waals surface area contributed by atoms with E-state index in [2.05, 4.69) is 4.74 Å². The van der Waals surface area contributed by atoms with E-state index >= 15 is 0 Å². The zero-order valence-corrected chi connectivity index (χ0v) is 9.38. The van der Waals surface area contributed by atoms with Gasteiger partial charge in [0.25, 0.3) is 0 Å². The molecule has 0 aromatic heterocycles. The molecule has 1 unspecified atom stereocenters. The summed E-state index contributed by atoms with van der Waals surface area (Å²) < 4.78 is 41.5. The molecule has 0 radical (unpaired) electrons. The zero-order chi connectivity index (χ0) is 12.3. The van der Waals surface area contributed by atoms with Gasteiger partial charge in [-0.2, -0.15) is 13.2 Å². The smallest absolute Gasteiger partial charge is 0.375 e. The predicted octanol–water partition coefficient (Wildman–Crippen LogP) is 1.82. The van der Waals surface area contributed by atoms with Crippen molar-refractivity contribution in [3.05, 3.63) is 0 Å². The third-order valence-corrected chi connectivity index (χ3v) is 2.73. The second kappa shape index (κ2) is 5.03. The van der Waals surface area contributed by atoms with E-state index in [0.717, 1.165) is 17.7 Å². The van der Waals surface area contributed by atoms with Crippen LogP contribution < -0.4 is 0 Å². The van der Waals surface area contributed by atoms with Crippen LogP contribution in [0.3, 0.4) is 0 Å². The van der Waals surface area contributed by atoms with Gasteiger partial charge in [-0.1, -0.05) is 0 Å². The van der Waals surface area contributed by atoms with Crippen LogP contribution in [0, 0.1) is 5.92 Å². The first-order chi connectivity index (χ1) is 7.35. The zero-order valence-electron chi connectivity index (χ0n) is 9.38. The molecule has 6 heteroatoms. The topological polar surface area (TPSA) is 29.5 Å². The number of carbonyl (C=O) groups excluding carboxylic acids is 1. The lowest BCUT2D eigenvalue weighted by atomic mass is 10.2. The van der Waals surface area contributed by atoms with E-state index in [1.54, 1.807) is 6.92 Å². The molecule has 0 saturated heterocycles. The molecule has 0 spiro atoms. The first kappa shape index (κ1) is 13.3. The van der Waals surface area contributed by atoms with Crippen molar-refractivity contribution in [1.82, 2.24) is 4.90 Å². The van der Waals surface area contributed by atoms with Crippen LogP contribution in [0.4, 0.5) is 13.2 Å². The fourth-order valence-corrected chi connectivity index (χ4v) is 1.69. The van der Waals surface area contributed by atoms with Crippen LogP contribution in [0.1, 0.15) is 19.8 Å². The number of hydrogen-bond donors (Lipinski definition) is 0. The van der Waals surface area contributed by atoms with Crippen LogP contribution in [0.15, 0.2) is 0 Å². The molecule has 16 heavy (non-hydrogen) atoms. The Hall–Kier alpha value is -0.780. The lowest BCUT2D eigenvalue weighted by Gasteiger charge is -2.30. The predicted molar refractivity (Wildman–Crippen MR) is 51.8 cm³/mol. The number of nitrogens with zero attached hydrogens (tertiary/aromatic N) is 1. The highest BCUT2D eigenvalue weighted by Gasteiger charge is 2.40. The minimum absolute atomic E-state index is 0.211. The summed E-state index contributed by atoms with van der Waals surface area (Å²) in [4.78, 5) is 12.4. The molecule has 94 valence electrons. The van der Waals surface area contributed by atoms with Gasteiger partial charge < -0.3 is 9.64 Å². The summed E-state index contributed by atoms with van der Waals surface area (Å²) in [6.07, 6.45) is -2.56. The number of halogens is 3. The lowest BCUT2D eigenvalue weighted by Crippen LogP contribution is -2.46. The second-order valence-electron chi connectivity index (χ2n) is 4.15. The summed E-state index contributed by atoms with van der Waals surface area (Å²) in [7, 11) is 1.30. The quantitative estimate of drug-likeness (QED) is 0.732. The number of hydrogen-bond acceptors (Lipinski definition) is 2. The highest BCUT2D eigenvalue weighted by atomic mass is 19.4. The highest BCUT2D eigenvalue weighted by molar-refractivity contribution is 5.77. The minimum atomic E-state index is -4.35. The first-order valence-corrected chi connectivity index (χ1v) is 5.20. The van der Waals surface area contributed by atoms with Gasteiger partial charge in [0.15, 0.2) is 0 Å². The van der Waals surface area contributed by atoms with Crippen molar-refractivity contribution < 1.29 is 22.7 Å². The summed E-state index contributed by atoms with van der Waals surface area (Å²) in [5, 5.41) is 0. The van der Waals surface area contributed by atoms with Crippen LogP contribution in [0.25, 0.3) is 0 Å². The van der Waals surface area contributed by atoms with E-state index in [1.165, 1.54) is 7.11 Å². The molecule has 0 N–H and O–H groups in total. The average molecular weight is 239 g/mol. The molecule has 1 aliphatic carbocycles. The molecular formula is C10H16F3NO2. The fourth-order valence-electron chi connectivity index (χ4n) is 1.69. The van der Waals surface area contributed by atoms with Gasteiger partial charge in [-0.3, -0.25) is 4.79 Å². The molecular weight excluding hydrogens is 223 g/mol. The molecule has 0 aliphatic heterocycles. The molecule has 1 atom stereocenters. The third kappa shape index (κ3) is 4.00. The maximum absolute atomic E-state index is 12.3. The Morgan fingerprint density at radius 3 is 2.44 bits per heavy atom. The molecule has 1 saturated carbocycles. The van der Waals surface area contributed by atoms with Crippen LogP contribution in [0.5, 0.6) is 0 Å². The number of alkyl halides is 3. The molecule has 0 heterocycles. The molecule has 3 nitrogen and oxygen atoms in total. The second-order valence-corrected chi connectivity index (χ2v) is 4.15. The van der Waals surface area contributed by atoms with Gasteiger partial charge in [0.1, 0.15) is 13.2 Å². The number of amides is 1. The third-order valence-electron chi connectivity index (χ3n) is 2.73. The normalized spacial score (nSPS) is 18.3. The van der Waals surface area contributed by atoms with Crippen molar-refractivity contribution in [2.45, 2.75) is 32.0 Å². The SMILES string of the molecule is COCC(=O)N(CC(F)(F)F)C(C)C1CC1. The molecule has 1 fully saturated rings. The Kier molecular flexibility index (Phi) is 4.18. The van der Waals surface area contributed by atoms with Gasteiger partial charge in [0, 0.05) is 13.2 Å². The van der Waals surface area contributed by atoms with Crippen molar-refractivity contribution >= 4 is 5.91 Å². The van der Waals surface area contributed by atoms with Crippen LogP contribution >= 0.6 is 0 Å². The van der Waals surface area contributed by atoms with Crippen molar-refractivity contribution in [2.75, 3.05) is 20.3 Å². The molecule has 1 rings (SSSR count). The Morgan fingerprint density at radius 2 is 2.06 bits per heavy atom. The van der Waals surface area contributed by atoms with E-state index < -0.39 is 18.6 Å². The van der Waals surface area contributed by atoms with Crippen molar-refractivity contribution in [1.29, 1.82) is 0 Å². The van der Waals surface area contributed by atoms with Gasteiger partial charge in [0.05, 0.1) is 0 Å². The monoisotopic (exact) mass is 239 g/mol. The fraction of sp³-hybridized carbons (Fsp3) is 0.900. The van der Waals surface area contributed by atoms with E-state index in [9.17, 15) is 18.0 Å². The minimum Gasteiger partial charge on any atom is -0.375 e. The van der Waals surface area contributed by atoms with Crippen LogP contribution in [0.2, 0.25) is 0 Å². The molecule has 1 aliphatic rings. The molecule has 0 aromatic rings. The lowest BCUT2D eigenvalue weighted by molar-refractivity contribution is -0.168.